The van der Waals surface area contributed by atoms with Gasteiger partial charge in [-0.05, 0) is 19.1 Å². The van der Waals surface area contributed by atoms with Crippen molar-refractivity contribution in [2.75, 3.05) is 12.4 Å². The number of rotatable bonds is 6. The standard InChI is InChI=1S/C13H17N3O2S/c1-2-18-13(17)11(14)9-19-8-10-7-16-6-4-3-5-12(16)15-10/h3-7,11H,2,8-9,14H2,1H3. The molecular weight excluding hydrogens is 262 g/mol. The first-order valence-electron chi connectivity index (χ1n) is 6.13. The van der Waals surface area contributed by atoms with Gasteiger partial charge in [0.2, 0.25) is 0 Å². The molecule has 0 fully saturated rings. The number of pyridine rings is 1. The number of hydrogen-bond donors (Lipinski definition) is 1. The molecule has 2 heterocycles. The number of thioether (sulfide) groups is 1. The fourth-order valence-corrected chi connectivity index (χ4v) is 2.52. The zero-order valence-corrected chi connectivity index (χ0v) is 11.6. The summed E-state index contributed by atoms with van der Waals surface area (Å²) in [5, 5.41) is 0. The summed E-state index contributed by atoms with van der Waals surface area (Å²) in [4.78, 5) is 15.8. The highest BCUT2D eigenvalue weighted by Gasteiger charge is 2.14. The summed E-state index contributed by atoms with van der Waals surface area (Å²) < 4.78 is 6.83. The molecule has 2 aromatic rings. The third-order valence-corrected chi connectivity index (χ3v) is 3.65. The smallest absolute Gasteiger partial charge is 0.323 e. The van der Waals surface area contributed by atoms with Crippen LogP contribution in [-0.2, 0) is 15.3 Å². The number of nitrogens with two attached hydrogens (primary N) is 1. The maximum Gasteiger partial charge on any atom is 0.323 e. The first-order valence-corrected chi connectivity index (χ1v) is 7.28. The SMILES string of the molecule is CCOC(=O)C(N)CSCc1cn2ccccc2n1. The second-order valence-electron chi connectivity index (χ2n) is 4.07. The van der Waals surface area contributed by atoms with Gasteiger partial charge in [0, 0.05) is 23.9 Å². The monoisotopic (exact) mass is 279 g/mol. The number of carbonyl (C=O) groups excluding carboxylic acids is 1. The van der Waals surface area contributed by atoms with Crippen LogP contribution in [0.25, 0.3) is 5.65 Å². The van der Waals surface area contributed by atoms with Gasteiger partial charge in [-0.25, -0.2) is 4.98 Å². The van der Waals surface area contributed by atoms with Crippen LogP contribution >= 0.6 is 11.8 Å². The number of fused-ring (bicyclic) bond motifs is 1. The van der Waals surface area contributed by atoms with Crippen molar-refractivity contribution in [1.82, 2.24) is 9.38 Å². The van der Waals surface area contributed by atoms with Gasteiger partial charge >= 0.3 is 5.97 Å². The first kappa shape index (κ1) is 13.9. The number of ether oxygens (including phenoxy) is 1. The summed E-state index contributed by atoms with van der Waals surface area (Å²) in [6, 6.07) is 5.30. The van der Waals surface area contributed by atoms with Crippen molar-refractivity contribution in [3.05, 3.63) is 36.3 Å². The Morgan fingerprint density at radius 2 is 2.42 bits per heavy atom. The van der Waals surface area contributed by atoms with E-state index in [0.29, 0.717) is 12.4 Å². The van der Waals surface area contributed by atoms with Crippen molar-refractivity contribution in [3.63, 3.8) is 0 Å². The fourth-order valence-electron chi connectivity index (χ4n) is 1.66. The number of nitrogens with zero attached hydrogens (tertiary/aromatic N) is 2. The second-order valence-corrected chi connectivity index (χ2v) is 5.10. The molecule has 2 aromatic heterocycles. The van der Waals surface area contributed by atoms with Gasteiger partial charge in [-0.2, -0.15) is 11.8 Å². The molecule has 0 radical (unpaired) electrons. The van der Waals surface area contributed by atoms with E-state index in [1.54, 1.807) is 18.7 Å². The molecule has 0 saturated carbocycles. The molecule has 6 heteroatoms. The summed E-state index contributed by atoms with van der Waals surface area (Å²) >= 11 is 1.58. The summed E-state index contributed by atoms with van der Waals surface area (Å²) in [5.74, 6) is 0.923. The zero-order chi connectivity index (χ0) is 13.7. The van der Waals surface area contributed by atoms with Crippen LogP contribution in [0.1, 0.15) is 12.6 Å². The van der Waals surface area contributed by atoms with Crippen molar-refractivity contribution < 1.29 is 9.53 Å². The Balaban J connectivity index is 1.84. The normalized spacial score (nSPS) is 12.5. The summed E-state index contributed by atoms with van der Waals surface area (Å²) in [7, 11) is 0. The highest BCUT2D eigenvalue weighted by molar-refractivity contribution is 7.98. The van der Waals surface area contributed by atoms with Gasteiger partial charge in [0.25, 0.3) is 0 Å². The summed E-state index contributed by atoms with van der Waals surface area (Å²) in [6.07, 6.45) is 3.94. The van der Waals surface area contributed by atoms with Gasteiger partial charge in [-0.1, -0.05) is 6.07 Å². The fraction of sp³-hybridized carbons (Fsp3) is 0.385. The Morgan fingerprint density at radius 3 is 3.16 bits per heavy atom. The van der Waals surface area contributed by atoms with Gasteiger partial charge in [0.05, 0.1) is 12.3 Å². The van der Waals surface area contributed by atoms with Gasteiger partial charge in [0.1, 0.15) is 11.7 Å². The third kappa shape index (κ3) is 3.71. The first-order chi connectivity index (χ1) is 9.20. The number of carbonyl (C=O) groups is 1. The second kappa shape index (κ2) is 6.58. The molecule has 1 atom stereocenters. The number of hydrogen-bond acceptors (Lipinski definition) is 5. The van der Waals surface area contributed by atoms with Crippen LogP contribution in [0.3, 0.4) is 0 Å². The molecular formula is C13H17N3O2S. The van der Waals surface area contributed by atoms with Crippen molar-refractivity contribution >= 4 is 23.4 Å². The molecule has 19 heavy (non-hydrogen) atoms. The predicted molar refractivity (Wildman–Crippen MR) is 76.0 cm³/mol. The van der Waals surface area contributed by atoms with Gasteiger partial charge in [0.15, 0.2) is 0 Å². The van der Waals surface area contributed by atoms with E-state index in [-0.39, 0.29) is 5.97 Å². The van der Waals surface area contributed by atoms with Crippen LogP contribution in [-0.4, -0.2) is 33.8 Å². The topological polar surface area (TPSA) is 69.6 Å². The van der Waals surface area contributed by atoms with Crippen LogP contribution < -0.4 is 5.73 Å². The third-order valence-electron chi connectivity index (χ3n) is 2.55. The Hall–Kier alpha value is -1.53. The average Bonchev–Trinajstić information content (AvgIpc) is 2.81. The predicted octanol–water partition coefficient (Wildman–Crippen LogP) is 1.46. The lowest BCUT2D eigenvalue weighted by Gasteiger charge is -2.09. The van der Waals surface area contributed by atoms with Crippen molar-refractivity contribution in [2.45, 2.75) is 18.7 Å². The quantitative estimate of drug-likeness (QED) is 0.811. The van der Waals surface area contributed by atoms with Crippen LogP contribution in [0, 0.1) is 0 Å². The molecule has 2 rings (SSSR count). The minimum atomic E-state index is -0.568. The van der Waals surface area contributed by atoms with E-state index in [1.807, 2.05) is 35.0 Å². The van der Waals surface area contributed by atoms with E-state index in [9.17, 15) is 4.79 Å². The van der Waals surface area contributed by atoms with E-state index in [2.05, 4.69) is 4.98 Å². The lowest BCUT2D eigenvalue weighted by Crippen LogP contribution is -2.34. The van der Waals surface area contributed by atoms with E-state index in [4.69, 9.17) is 10.5 Å². The zero-order valence-electron chi connectivity index (χ0n) is 10.8. The average molecular weight is 279 g/mol. The molecule has 102 valence electrons. The lowest BCUT2D eigenvalue weighted by atomic mass is 10.4. The van der Waals surface area contributed by atoms with E-state index < -0.39 is 6.04 Å². The van der Waals surface area contributed by atoms with Crippen LogP contribution in [0.15, 0.2) is 30.6 Å². The van der Waals surface area contributed by atoms with Crippen LogP contribution in [0.5, 0.6) is 0 Å². The summed E-state index contributed by atoms with van der Waals surface area (Å²) in [5.41, 5.74) is 7.62. The molecule has 2 N–H and O–H groups in total. The van der Waals surface area contributed by atoms with Gasteiger partial charge < -0.3 is 14.9 Å². The lowest BCUT2D eigenvalue weighted by molar-refractivity contribution is -0.144. The maximum absolute atomic E-state index is 11.3. The molecule has 0 aliphatic rings. The number of imidazole rings is 1. The van der Waals surface area contributed by atoms with Crippen molar-refractivity contribution in [3.8, 4) is 0 Å². The van der Waals surface area contributed by atoms with E-state index >= 15 is 0 Å². The maximum atomic E-state index is 11.3. The minimum absolute atomic E-state index is 0.343. The Morgan fingerprint density at radius 1 is 1.58 bits per heavy atom. The highest BCUT2D eigenvalue weighted by Crippen LogP contribution is 2.13. The van der Waals surface area contributed by atoms with Gasteiger partial charge in [-0.3, -0.25) is 4.79 Å². The molecule has 0 amide bonds. The molecule has 0 spiro atoms. The Bertz CT molecular complexity index is 523. The molecule has 0 aromatic carbocycles. The Labute approximate surface area is 116 Å². The molecule has 0 aliphatic carbocycles. The molecule has 0 saturated heterocycles. The number of aromatic nitrogens is 2. The van der Waals surface area contributed by atoms with Crippen LogP contribution in [0.2, 0.25) is 0 Å². The van der Waals surface area contributed by atoms with Gasteiger partial charge in [-0.15, -0.1) is 0 Å². The van der Waals surface area contributed by atoms with Crippen molar-refractivity contribution in [2.24, 2.45) is 5.73 Å². The van der Waals surface area contributed by atoms with Crippen LogP contribution in [0.4, 0.5) is 0 Å². The molecule has 0 bridgehead atoms. The number of esters is 1. The molecule has 1 unspecified atom stereocenters. The van der Waals surface area contributed by atoms with E-state index in [1.165, 1.54) is 0 Å². The summed E-state index contributed by atoms with van der Waals surface area (Å²) in [6.45, 7) is 2.14. The minimum Gasteiger partial charge on any atom is -0.465 e. The molecule has 0 aliphatic heterocycles. The highest BCUT2D eigenvalue weighted by atomic mass is 32.2. The largest absolute Gasteiger partial charge is 0.465 e. The van der Waals surface area contributed by atoms with Crippen molar-refractivity contribution in [1.29, 1.82) is 0 Å². The molecule has 5 nitrogen and oxygen atoms in total. The Kier molecular flexibility index (Phi) is 4.81. The van der Waals surface area contributed by atoms with E-state index in [0.717, 1.165) is 17.1 Å².